The maximum Gasteiger partial charge on any atom is 0.244 e. The third kappa shape index (κ3) is 4.32. The van der Waals surface area contributed by atoms with Crippen molar-refractivity contribution in [3.05, 3.63) is 23.2 Å². The molecule has 2 rings (SSSR count). The molecule has 1 aliphatic heterocycles. The first-order valence-corrected chi connectivity index (χ1v) is 8.91. The first-order chi connectivity index (χ1) is 9.92. The molecule has 5 nitrogen and oxygen atoms in total. The fraction of sp³-hybridized carbons (Fsp3) is 0.571. The Kier molecular flexibility index (Phi) is 5.48. The second-order valence-electron chi connectivity index (χ2n) is 5.22. The molecule has 0 atom stereocenters. The fourth-order valence-corrected chi connectivity index (χ4v) is 4.09. The van der Waals surface area contributed by atoms with Crippen LogP contribution in [-0.2, 0) is 10.0 Å². The summed E-state index contributed by atoms with van der Waals surface area (Å²) in [5.74, 6) is 0.335. The first-order valence-electron chi connectivity index (χ1n) is 7.05. The van der Waals surface area contributed by atoms with E-state index < -0.39 is 10.0 Å². The number of piperidine rings is 1. The van der Waals surface area contributed by atoms with Crippen LogP contribution in [0.15, 0.2) is 23.1 Å². The van der Waals surface area contributed by atoms with Crippen LogP contribution in [0.4, 0.5) is 0 Å². The van der Waals surface area contributed by atoms with E-state index in [2.05, 4.69) is 9.62 Å². The molecule has 1 aliphatic rings. The Bertz CT molecular complexity index is 584. The number of nitrogens with one attached hydrogen (secondary N) is 1. The quantitative estimate of drug-likeness (QED) is 0.897. The summed E-state index contributed by atoms with van der Waals surface area (Å²) >= 11 is 5.93. The van der Waals surface area contributed by atoms with Crippen LogP contribution in [0.1, 0.15) is 19.8 Å². The third-order valence-electron chi connectivity index (χ3n) is 3.54. The van der Waals surface area contributed by atoms with Crippen molar-refractivity contribution in [1.29, 1.82) is 0 Å². The van der Waals surface area contributed by atoms with E-state index in [1.807, 2.05) is 14.0 Å². The standard InChI is InChI=1S/C14H21ClN2O3S/c1-3-20-13-5-4-11(15)10-14(13)21(18,19)16-12-6-8-17(2)9-7-12/h4-5,10,12,16H,3,6-9H2,1-2H3. The largest absolute Gasteiger partial charge is 0.492 e. The van der Waals surface area contributed by atoms with E-state index in [-0.39, 0.29) is 10.9 Å². The highest BCUT2D eigenvalue weighted by atomic mass is 35.5. The first kappa shape index (κ1) is 16.5. The van der Waals surface area contributed by atoms with Crippen LogP contribution >= 0.6 is 11.6 Å². The fourth-order valence-electron chi connectivity index (χ4n) is 2.38. The number of benzene rings is 1. The van der Waals surface area contributed by atoms with Gasteiger partial charge in [-0.25, -0.2) is 13.1 Å². The van der Waals surface area contributed by atoms with Crippen LogP contribution in [0.3, 0.4) is 0 Å². The molecule has 0 bridgehead atoms. The lowest BCUT2D eigenvalue weighted by Crippen LogP contribution is -2.43. The van der Waals surface area contributed by atoms with Crippen molar-refractivity contribution < 1.29 is 13.2 Å². The molecule has 1 fully saturated rings. The van der Waals surface area contributed by atoms with E-state index >= 15 is 0 Å². The Morgan fingerprint density at radius 1 is 1.38 bits per heavy atom. The maximum absolute atomic E-state index is 12.6. The molecule has 21 heavy (non-hydrogen) atoms. The van der Waals surface area contributed by atoms with Gasteiger partial charge in [0.05, 0.1) is 6.61 Å². The predicted octanol–water partition coefficient (Wildman–Crippen LogP) is 2.11. The zero-order valence-electron chi connectivity index (χ0n) is 12.3. The topological polar surface area (TPSA) is 58.6 Å². The monoisotopic (exact) mass is 332 g/mol. The highest BCUT2D eigenvalue weighted by molar-refractivity contribution is 7.89. The van der Waals surface area contributed by atoms with Crippen molar-refractivity contribution in [2.75, 3.05) is 26.7 Å². The van der Waals surface area contributed by atoms with Crippen LogP contribution < -0.4 is 9.46 Å². The third-order valence-corrected chi connectivity index (χ3v) is 5.31. The van der Waals surface area contributed by atoms with Gasteiger partial charge in [-0.15, -0.1) is 0 Å². The van der Waals surface area contributed by atoms with Gasteiger partial charge < -0.3 is 9.64 Å². The molecule has 1 saturated heterocycles. The van der Waals surface area contributed by atoms with E-state index in [1.165, 1.54) is 6.07 Å². The molecule has 0 amide bonds. The average Bonchev–Trinajstić information content (AvgIpc) is 2.43. The molecule has 1 N–H and O–H groups in total. The van der Waals surface area contributed by atoms with Gasteiger partial charge in [-0.1, -0.05) is 11.6 Å². The summed E-state index contributed by atoms with van der Waals surface area (Å²) in [5.41, 5.74) is 0. The highest BCUT2D eigenvalue weighted by Gasteiger charge is 2.26. The molecule has 0 aliphatic carbocycles. The minimum atomic E-state index is -3.63. The van der Waals surface area contributed by atoms with Crippen molar-refractivity contribution in [1.82, 2.24) is 9.62 Å². The van der Waals surface area contributed by atoms with Crippen LogP contribution in [0.25, 0.3) is 0 Å². The number of hydrogen-bond acceptors (Lipinski definition) is 4. The molecule has 7 heteroatoms. The van der Waals surface area contributed by atoms with Crippen LogP contribution in [-0.4, -0.2) is 46.1 Å². The number of likely N-dealkylation sites (tertiary alicyclic amines) is 1. The number of nitrogens with zero attached hydrogens (tertiary/aromatic N) is 1. The number of rotatable bonds is 5. The molecule has 118 valence electrons. The summed E-state index contributed by atoms with van der Waals surface area (Å²) in [6, 6.07) is 4.61. The number of ether oxygens (including phenoxy) is 1. The lowest BCUT2D eigenvalue weighted by molar-refractivity contribution is 0.248. The number of sulfonamides is 1. The van der Waals surface area contributed by atoms with Crippen molar-refractivity contribution >= 4 is 21.6 Å². The Hall–Kier alpha value is -0.820. The number of halogens is 1. The minimum Gasteiger partial charge on any atom is -0.492 e. The van der Waals surface area contributed by atoms with E-state index in [1.54, 1.807) is 12.1 Å². The molecular weight excluding hydrogens is 312 g/mol. The molecule has 1 aromatic carbocycles. The molecular formula is C14H21ClN2O3S. The van der Waals surface area contributed by atoms with Crippen LogP contribution in [0.2, 0.25) is 5.02 Å². The Labute approximate surface area is 131 Å². The van der Waals surface area contributed by atoms with Gasteiger partial charge in [-0.2, -0.15) is 0 Å². The summed E-state index contributed by atoms with van der Waals surface area (Å²) in [4.78, 5) is 2.30. The number of hydrogen-bond donors (Lipinski definition) is 1. The average molecular weight is 333 g/mol. The second-order valence-corrected chi connectivity index (χ2v) is 7.34. The summed E-state index contributed by atoms with van der Waals surface area (Å²) < 4.78 is 33.3. The van der Waals surface area contributed by atoms with E-state index in [0.29, 0.717) is 17.4 Å². The highest BCUT2D eigenvalue weighted by Crippen LogP contribution is 2.28. The van der Waals surface area contributed by atoms with Crippen LogP contribution in [0, 0.1) is 0 Å². The smallest absolute Gasteiger partial charge is 0.244 e. The normalized spacial score (nSPS) is 17.9. The second kappa shape index (κ2) is 6.96. The molecule has 0 aromatic heterocycles. The van der Waals surface area contributed by atoms with Crippen molar-refractivity contribution in [2.24, 2.45) is 0 Å². The van der Waals surface area contributed by atoms with Gasteiger partial charge in [-0.3, -0.25) is 0 Å². The summed E-state index contributed by atoms with van der Waals surface area (Å²) in [7, 11) is -1.59. The van der Waals surface area contributed by atoms with Gasteiger partial charge in [0.1, 0.15) is 10.6 Å². The summed E-state index contributed by atoms with van der Waals surface area (Å²) in [5, 5.41) is 0.377. The molecule has 0 unspecified atom stereocenters. The van der Waals surface area contributed by atoms with E-state index in [9.17, 15) is 8.42 Å². The summed E-state index contributed by atoms with van der Waals surface area (Å²) in [6.45, 7) is 4.00. The van der Waals surface area contributed by atoms with Gasteiger partial charge in [0.15, 0.2) is 0 Å². The van der Waals surface area contributed by atoms with E-state index in [0.717, 1.165) is 25.9 Å². The van der Waals surface area contributed by atoms with Gasteiger partial charge in [0.25, 0.3) is 0 Å². The maximum atomic E-state index is 12.6. The Morgan fingerprint density at radius 2 is 2.05 bits per heavy atom. The van der Waals surface area contributed by atoms with Gasteiger partial charge >= 0.3 is 0 Å². The molecule has 1 heterocycles. The minimum absolute atomic E-state index is 0.0420. The summed E-state index contributed by atoms with van der Waals surface area (Å²) in [6.07, 6.45) is 1.61. The van der Waals surface area contributed by atoms with Gasteiger partial charge in [-0.05, 0) is 58.1 Å². The Morgan fingerprint density at radius 3 is 2.67 bits per heavy atom. The van der Waals surface area contributed by atoms with Crippen LogP contribution in [0.5, 0.6) is 5.75 Å². The zero-order chi connectivity index (χ0) is 15.5. The zero-order valence-corrected chi connectivity index (χ0v) is 13.9. The van der Waals surface area contributed by atoms with Crippen molar-refractivity contribution in [2.45, 2.75) is 30.7 Å². The lowest BCUT2D eigenvalue weighted by Gasteiger charge is -2.29. The molecule has 0 spiro atoms. The lowest BCUT2D eigenvalue weighted by atomic mass is 10.1. The Balaban J connectivity index is 2.20. The molecule has 0 saturated carbocycles. The van der Waals surface area contributed by atoms with E-state index in [4.69, 9.17) is 16.3 Å². The predicted molar refractivity (Wildman–Crippen MR) is 83.5 cm³/mol. The molecule has 1 aromatic rings. The van der Waals surface area contributed by atoms with Crippen molar-refractivity contribution in [3.8, 4) is 5.75 Å². The van der Waals surface area contributed by atoms with Gasteiger partial charge in [0, 0.05) is 11.1 Å². The van der Waals surface area contributed by atoms with Crippen molar-refractivity contribution in [3.63, 3.8) is 0 Å². The SMILES string of the molecule is CCOc1ccc(Cl)cc1S(=O)(=O)NC1CCN(C)CC1. The molecule has 0 radical (unpaired) electrons. The van der Waals surface area contributed by atoms with Gasteiger partial charge in [0.2, 0.25) is 10.0 Å².